The second-order valence-corrected chi connectivity index (χ2v) is 11.6. The molecule has 4 aromatic heterocycles. The van der Waals surface area contributed by atoms with Crippen LogP contribution in [0.3, 0.4) is 0 Å². The number of rotatable bonds is 9. The summed E-state index contributed by atoms with van der Waals surface area (Å²) in [7, 11) is 0. The number of ether oxygens (including phenoxy) is 1. The number of aromatic nitrogens is 4. The molecule has 6 heterocycles. The zero-order valence-electron chi connectivity index (χ0n) is 27.3. The Kier molecular flexibility index (Phi) is 10.3. The van der Waals surface area contributed by atoms with Gasteiger partial charge in [0.15, 0.2) is 11.6 Å². The SMILES string of the molecule is Nc1cccnc1N1CCN(C(=O)c2ccc(C(=O)NCCOC(=O)c3ccc(C(=O)N4CCN(c5ncccc5N)CC4)nc3)cn2)CC1. The van der Waals surface area contributed by atoms with Crippen LogP contribution in [0.5, 0.6) is 0 Å². The third kappa shape index (κ3) is 7.69. The number of hydrogen-bond donors (Lipinski definition) is 3. The lowest BCUT2D eigenvalue weighted by Gasteiger charge is -2.35. The molecule has 2 aliphatic rings. The molecule has 4 aromatic rings. The van der Waals surface area contributed by atoms with Crippen LogP contribution in [0.1, 0.15) is 41.7 Å². The highest BCUT2D eigenvalue weighted by Crippen LogP contribution is 2.22. The number of nitrogen functional groups attached to an aromatic ring is 2. The lowest BCUT2D eigenvalue weighted by molar-refractivity contribution is 0.0502. The van der Waals surface area contributed by atoms with Crippen molar-refractivity contribution in [1.82, 2.24) is 35.1 Å². The summed E-state index contributed by atoms with van der Waals surface area (Å²) >= 11 is 0. The maximum atomic E-state index is 13.0. The van der Waals surface area contributed by atoms with Crippen molar-refractivity contribution < 1.29 is 23.9 Å². The molecule has 2 saturated heterocycles. The quantitative estimate of drug-likeness (QED) is 0.167. The fourth-order valence-electron chi connectivity index (χ4n) is 5.70. The van der Waals surface area contributed by atoms with E-state index < -0.39 is 11.9 Å². The minimum atomic E-state index is -0.638. The predicted molar refractivity (Wildman–Crippen MR) is 185 cm³/mol. The van der Waals surface area contributed by atoms with E-state index in [1.54, 1.807) is 46.5 Å². The lowest BCUT2D eigenvalue weighted by Crippen LogP contribution is -2.49. The molecule has 2 fully saturated rings. The van der Waals surface area contributed by atoms with Crippen molar-refractivity contribution in [2.45, 2.75) is 0 Å². The van der Waals surface area contributed by atoms with E-state index in [-0.39, 0.29) is 47.5 Å². The first-order valence-electron chi connectivity index (χ1n) is 16.2. The minimum Gasteiger partial charge on any atom is -0.460 e. The summed E-state index contributed by atoms with van der Waals surface area (Å²) in [4.78, 5) is 75.7. The van der Waals surface area contributed by atoms with Crippen molar-refractivity contribution in [3.63, 3.8) is 0 Å². The number of esters is 1. The van der Waals surface area contributed by atoms with Crippen molar-refractivity contribution in [2.24, 2.45) is 0 Å². The third-order valence-electron chi connectivity index (χ3n) is 8.45. The first kappa shape index (κ1) is 33.6. The van der Waals surface area contributed by atoms with Crippen LogP contribution in [0.25, 0.3) is 0 Å². The van der Waals surface area contributed by atoms with E-state index in [1.807, 2.05) is 9.80 Å². The standard InChI is InChI=1S/C34H37N11O5/c35-25-3-1-9-37-29(25)42-12-16-44(17-13-42)32(47)27-7-5-23(21-40-27)31(46)39-11-20-50-34(49)24-6-8-28(41-22-24)33(48)45-18-14-43(15-19-45)30-26(36)4-2-10-38-30/h1-10,21-22H,11-20,35-36H2,(H,39,46). The van der Waals surface area contributed by atoms with Crippen LogP contribution in [0.2, 0.25) is 0 Å². The summed E-state index contributed by atoms with van der Waals surface area (Å²) in [6.07, 6.45) is 6.01. The van der Waals surface area contributed by atoms with E-state index in [4.69, 9.17) is 16.2 Å². The van der Waals surface area contributed by atoms with Crippen LogP contribution in [0.4, 0.5) is 23.0 Å². The lowest BCUT2D eigenvalue weighted by atomic mass is 10.2. The molecular formula is C34H37N11O5. The Hall–Kier alpha value is -6.32. The summed E-state index contributed by atoms with van der Waals surface area (Å²) in [6, 6.07) is 13.2. The fourth-order valence-corrected chi connectivity index (χ4v) is 5.70. The minimum absolute atomic E-state index is 0.0520. The predicted octanol–water partition coefficient (Wildman–Crippen LogP) is 0.943. The highest BCUT2D eigenvalue weighted by molar-refractivity contribution is 5.96. The number of carbonyl (C=O) groups is 4. The number of hydrogen-bond acceptors (Lipinski definition) is 13. The van der Waals surface area contributed by atoms with Gasteiger partial charge in [0, 0.05) is 77.1 Å². The van der Waals surface area contributed by atoms with E-state index >= 15 is 0 Å². The largest absolute Gasteiger partial charge is 0.460 e. The molecule has 5 N–H and O–H groups in total. The monoisotopic (exact) mass is 679 g/mol. The summed E-state index contributed by atoms with van der Waals surface area (Å²) in [5.41, 5.74) is 14.1. The van der Waals surface area contributed by atoms with Gasteiger partial charge in [0.1, 0.15) is 18.0 Å². The Morgan fingerprint density at radius 1 is 0.640 bits per heavy atom. The maximum absolute atomic E-state index is 13.0. The van der Waals surface area contributed by atoms with Crippen molar-refractivity contribution >= 4 is 46.7 Å². The van der Waals surface area contributed by atoms with E-state index in [1.165, 1.54) is 36.7 Å². The molecule has 50 heavy (non-hydrogen) atoms. The van der Waals surface area contributed by atoms with Crippen molar-refractivity contribution in [1.29, 1.82) is 0 Å². The normalized spacial score (nSPS) is 14.6. The number of nitrogens with two attached hydrogens (primary N) is 2. The van der Waals surface area contributed by atoms with E-state index in [9.17, 15) is 19.2 Å². The third-order valence-corrected chi connectivity index (χ3v) is 8.45. The van der Waals surface area contributed by atoms with Gasteiger partial charge < -0.3 is 41.1 Å². The fraction of sp³-hybridized carbons (Fsp3) is 0.294. The molecule has 3 amide bonds. The Balaban J connectivity index is 0.904. The molecular weight excluding hydrogens is 642 g/mol. The second kappa shape index (κ2) is 15.3. The number of amides is 3. The number of nitrogens with zero attached hydrogens (tertiary/aromatic N) is 8. The number of pyridine rings is 4. The molecule has 16 nitrogen and oxygen atoms in total. The average Bonchev–Trinajstić information content (AvgIpc) is 3.16. The van der Waals surface area contributed by atoms with Gasteiger partial charge in [0.25, 0.3) is 17.7 Å². The Morgan fingerprint density at radius 2 is 1.12 bits per heavy atom. The topological polar surface area (TPSA) is 206 Å². The van der Waals surface area contributed by atoms with Gasteiger partial charge in [-0.2, -0.15) is 0 Å². The van der Waals surface area contributed by atoms with E-state index in [0.29, 0.717) is 75.4 Å². The van der Waals surface area contributed by atoms with Crippen LogP contribution >= 0.6 is 0 Å². The van der Waals surface area contributed by atoms with Crippen LogP contribution in [-0.4, -0.2) is 119 Å². The summed E-state index contributed by atoms with van der Waals surface area (Å²) in [6.45, 7) is 4.22. The molecule has 258 valence electrons. The van der Waals surface area contributed by atoms with Gasteiger partial charge in [-0.05, 0) is 48.5 Å². The first-order chi connectivity index (χ1) is 24.3. The highest BCUT2D eigenvalue weighted by atomic mass is 16.5. The van der Waals surface area contributed by atoms with Crippen LogP contribution in [0, 0.1) is 0 Å². The number of carbonyl (C=O) groups excluding carboxylic acids is 4. The first-order valence-corrected chi connectivity index (χ1v) is 16.2. The van der Waals surface area contributed by atoms with Crippen molar-refractivity contribution in [3.05, 3.63) is 95.8 Å². The Labute approximate surface area is 288 Å². The number of piperazine rings is 2. The summed E-state index contributed by atoms with van der Waals surface area (Å²) in [5.74, 6) is -0.121. The van der Waals surface area contributed by atoms with Gasteiger partial charge in [-0.1, -0.05) is 0 Å². The van der Waals surface area contributed by atoms with Gasteiger partial charge in [-0.3, -0.25) is 24.4 Å². The highest BCUT2D eigenvalue weighted by Gasteiger charge is 2.26. The number of anilines is 4. The summed E-state index contributed by atoms with van der Waals surface area (Å²) in [5, 5.41) is 2.67. The average molecular weight is 680 g/mol. The molecule has 0 bridgehead atoms. The molecule has 2 aliphatic heterocycles. The molecule has 0 aliphatic carbocycles. The van der Waals surface area contributed by atoms with Gasteiger partial charge in [0.05, 0.1) is 29.0 Å². The van der Waals surface area contributed by atoms with Gasteiger partial charge in [-0.25, -0.2) is 14.8 Å². The van der Waals surface area contributed by atoms with Crippen LogP contribution in [-0.2, 0) is 4.74 Å². The van der Waals surface area contributed by atoms with Gasteiger partial charge in [0.2, 0.25) is 0 Å². The molecule has 0 saturated carbocycles. The van der Waals surface area contributed by atoms with Crippen molar-refractivity contribution in [2.75, 3.05) is 86.8 Å². The molecule has 6 rings (SSSR count). The molecule has 0 spiro atoms. The van der Waals surface area contributed by atoms with E-state index in [2.05, 4.69) is 25.3 Å². The van der Waals surface area contributed by atoms with Crippen molar-refractivity contribution in [3.8, 4) is 0 Å². The second-order valence-electron chi connectivity index (χ2n) is 11.6. The van der Waals surface area contributed by atoms with Gasteiger partial charge >= 0.3 is 5.97 Å². The van der Waals surface area contributed by atoms with Crippen LogP contribution in [0.15, 0.2) is 73.3 Å². The van der Waals surface area contributed by atoms with E-state index in [0.717, 1.165) is 0 Å². The molecule has 0 radical (unpaired) electrons. The Bertz CT molecular complexity index is 1700. The zero-order chi connectivity index (χ0) is 35.0. The molecule has 16 heteroatoms. The van der Waals surface area contributed by atoms with Gasteiger partial charge in [-0.15, -0.1) is 0 Å². The summed E-state index contributed by atoms with van der Waals surface area (Å²) < 4.78 is 5.26. The smallest absolute Gasteiger partial charge is 0.339 e. The van der Waals surface area contributed by atoms with Crippen LogP contribution < -0.4 is 26.6 Å². The molecule has 0 unspecified atom stereocenters. The molecule has 0 atom stereocenters. The molecule has 0 aromatic carbocycles. The number of nitrogens with one attached hydrogen (secondary N) is 1. The Morgan fingerprint density at radius 3 is 1.56 bits per heavy atom. The zero-order valence-corrected chi connectivity index (χ0v) is 27.3. The maximum Gasteiger partial charge on any atom is 0.339 e.